The second-order valence-electron chi connectivity index (χ2n) is 10.6. The molecule has 4 heteroatoms. The molecular formula is C32H47FNO2. The van der Waals surface area contributed by atoms with Crippen LogP contribution < -0.4 is 9.47 Å². The molecule has 1 saturated heterocycles. The lowest BCUT2D eigenvalue weighted by Crippen LogP contribution is -2.42. The van der Waals surface area contributed by atoms with E-state index in [1.807, 2.05) is 18.2 Å². The summed E-state index contributed by atoms with van der Waals surface area (Å²) in [6.07, 6.45) is 13.8. The first kappa shape index (κ1) is 28.5. The van der Waals surface area contributed by atoms with E-state index in [0.29, 0.717) is 12.0 Å². The molecule has 1 aliphatic heterocycles. The standard InChI is InChI=1S/C32H47FNO2/c1-5-6-7-8-9-10-30(17-11-25(2)28-14-18-31(35-3)32(24-28)36-4)34-21-19-27(20-22-34)23-26-12-15-29(33)16-13-26/h12-16,18,24,27,30H,5-11,17,19-23H2,1-4H3. The van der Waals surface area contributed by atoms with E-state index >= 15 is 0 Å². The molecule has 1 unspecified atom stereocenters. The maximum atomic E-state index is 13.3. The number of halogens is 1. The molecule has 0 aliphatic carbocycles. The summed E-state index contributed by atoms with van der Waals surface area (Å²) in [5.41, 5.74) is 2.51. The molecule has 1 aliphatic rings. The Balaban J connectivity index is 1.55. The quantitative estimate of drug-likeness (QED) is 0.232. The average Bonchev–Trinajstić information content (AvgIpc) is 2.91. The highest BCUT2D eigenvalue weighted by Gasteiger charge is 2.25. The molecule has 0 spiro atoms. The van der Waals surface area contributed by atoms with E-state index in [9.17, 15) is 4.39 Å². The minimum absolute atomic E-state index is 0.143. The second kappa shape index (κ2) is 15.2. The molecule has 0 N–H and O–H groups in total. The smallest absolute Gasteiger partial charge is 0.161 e. The summed E-state index contributed by atoms with van der Waals surface area (Å²) in [6, 6.07) is 14.0. The molecule has 1 heterocycles. The van der Waals surface area contributed by atoms with Gasteiger partial charge in [0.15, 0.2) is 11.5 Å². The first-order valence-corrected chi connectivity index (χ1v) is 14.1. The highest BCUT2D eigenvalue weighted by atomic mass is 19.1. The summed E-state index contributed by atoms with van der Waals surface area (Å²) in [4.78, 5) is 2.77. The lowest BCUT2D eigenvalue weighted by molar-refractivity contribution is 0.117. The van der Waals surface area contributed by atoms with Gasteiger partial charge in [-0.25, -0.2) is 4.39 Å². The van der Waals surface area contributed by atoms with E-state index < -0.39 is 0 Å². The number of rotatable bonds is 15. The molecule has 0 aromatic heterocycles. The highest BCUT2D eigenvalue weighted by Crippen LogP contribution is 2.33. The molecule has 2 aromatic carbocycles. The summed E-state index contributed by atoms with van der Waals surface area (Å²) in [7, 11) is 3.38. The zero-order valence-electron chi connectivity index (χ0n) is 23.0. The zero-order chi connectivity index (χ0) is 25.8. The Morgan fingerprint density at radius 1 is 0.917 bits per heavy atom. The Bertz CT molecular complexity index is 876. The predicted molar refractivity (Wildman–Crippen MR) is 148 cm³/mol. The largest absolute Gasteiger partial charge is 0.493 e. The molecule has 1 fully saturated rings. The minimum atomic E-state index is -0.143. The van der Waals surface area contributed by atoms with Crippen LogP contribution in [0.3, 0.4) is 0 Å². The van der Waals surface area contributed by atoms with E-state index in [0.717, 1.165) is 24.3 Å². The first-order chi connectivity index (χ1) is 17.5. The van der Waals surface area contributed by atoms with Crippen LogP contribution in [0.25, 0.3) is 0 Å². The third-order valence-corrected chi connectivity index (χ3v) is 7.97. The van der Waals surface area contributed by atoms with Crippen LogP contribution in [0.1, 0.15) is 89.2 Å². The zero-order valence-corrected chi connectivity index (χ0v) is 23.0. The van der Waals surface area contributed by atoms with Gasteiger partial charge >= 0.3 is 0 Å². The number of unbranched alkanes of at least 4 members (excludes halogenated alkanes) is 4. The summed E-state index contributed by atoms with van der Waals surface area (Å²) in [6.45, 7) is 6.90. The molecule has 2 aromatic rings. The molecule has 1 radical (unpaired) electrons. The van der Waals surface area contributed by atoms with E-state index in [2.05, 4.69) is 30.9 Å². The van der Waals surface area contributed by atoms with Gasteiger partial charge in [0.25, 0.3) is 0 Å². The average molecular weight is 497 g/mol. The summed E-state index contributed by atoms with van der Waals surface area (Å²) < 4.78 is 24.2. The van der Waals surface area contributed by atoms with Gasteiger partial charge in [0.05, 0.1) is 14.2 Å². The first-order valence-electron chi connectivity index (χ1n) is 14.1. The fraction of sp³-hybridized carbons (Fsp3) is 0.594. The summed E-state index contributed by atoms with van der Waals surface area (Å²) >= 11 is 0. The number of nitrogens with zero attached hydrogens (tertiary/aromatic N) is 1. The van der Waals surface area contributed by atoms with Crippen LogP contribution in [0.5, 0.6) is 11.5 Å². The fourth-order valence-electron chi connectivity index (χ4n) is 5.60. The molecule has 1 atom stereocenters. The van der Waals surface area contributed by atoms with E-state index in [1.165, 1.54) is 87.9 Å². The van der Waals surface area contributed by atoms with Crippen LogP contribution in [0, 0.1) is 17.7 Å². The third kappa shape index (κ3) is 8.80. The molecular weight excluding hydrogens is 449 g/mol. The maximum absolute atomic E-state index is 13.3. The molecule has 0 amide bonds. The van der Waals surface area contributed by atoms with Crippen molar-refractivity contribution in [2.75, 3.05) is 27.3 Å². The lowest BCUT2D eigenvalue weighted by atomic mass is 9.87. The van der Waals surface area contributed by atoms with Gasteiger partial charge in [-0.05, 0) is 92.9 Å². The normalized spacial score (nSPS) is 15.8. The van der Waals surface area contributed by atoms with Crippen LogP contribution >= 0.6 is 0 Å². The minimum Gasteiger partial charge on any atom is -0.493 e. The number of piperidine rings is 1. The van der Waals surface area contributed by atoms with Crippen molar-refractivity contribution >= 4 is 0 Å². The van der Waals surface area contributed by atoms with Gasteiger partial charge in [-0.1, -0.05) is 64.2 Å². The monoisotopic (exact) mass is 496 g/mol. The van der Waals surface area contributed by atoms with Gasteiger partial charge in [0, 0.05) is 12.0 Å². The highest BCUT2D eigenvalue weighted by molar-refractivity contribution is 5.46. The molecule has 3 rings (SSSR count). The van der Waals surface area contributed by atoms with Gasteiger partial charge < -0.3 is 14.4 Å². The van der Waals surface area contributed by atoms with E-state index in [1.54, 1.807) is 26.4 Å². The number of ether oxygens (including phenoxy) is 2. The maximum Gasteiger partial charge on any atom is 0.161 e. The summed E-state index contributed by atoms with van der Waals surface area (Å²) in [5.74, 6) is 3.55. The molecule has 36 heavy (non-hydrogen) atoms. The van der Waals surface area contributed by atoms with Gasteiger partial charge in [-0.3, -0.25) is 0 Å². The van der Waals surface area contributed by atoms with Crippen molar-refractivity contribution in [3.63, 3.8) is 0 Å². The fourth-order valence-corrected chi connectivity index (χ4v) is 5.60. The number of hydrogen-bond acceptors (Lipinski definition) is 3. The van der Waals surface area contributed by atoms with E-state index in [-0.39, 0.29) is 5.82 Å². The Kier molecular flexibility index (Phi) is 12.1. The molecule has 0 saturated carbocycles. The van der Waals surface area contributed by atoms with Gasteiger partial charge in [-0.15, -0.1) is 0 Å². The van der Waals surface area contributed by atoms with Crippen LogP contribution in [-0.4, -0.2) is 38.3 Å². The SMILES string of the molecule is CCCCCCCC(CC[C](C)c1ccc(OC)c(OC)c1)N1CCC(Cc2ccc(F)cc2)CC1. The van der Waals surface area contributed by atoms with Gasteiger partial charge in [-0.2, -0.15) is 0 Å². The summed E-state index contributed by atoms with van der Waals surface area (Å²) in [5, 5.41) is 0. The number of likely N-dealkylation sites (tertiary alicyclic amines) is 1. The Morgan fingerprint density at radius 3 is 2.28 bits per heavy atom. The lowest BCUT2D eigenvalue weighted by Gasteiger charge is -2.38. The van der Waals surface area contributed by atoms with Crippen LogP contribution in [0.2, 0.25) is 0 Å². The van der Waals surface area contributed by atoms with Crippen LogP contribution in [0.4, 0.5) is 4.39 Å². The van der Waals surface area contributed by atoms with Crippen LogP contribution in [-0.2, 0) is 6.42 Å². The molecule has 3 nitrogen and oxygen atoms in total. The topological polar surface area (TPSA) is 21.7 Å². The van der Waals surface area contributed by atoms with Gasteiger partial charge in [0.1, 0.15) is 5.82 Å². The van der Waals surface area contributed by atoms with Crippen molar-refractivity contribution in [2.24, 2.45) is 5.92 Å². The van der Waals surface area contributed by atoms with Crippen molar-refractivity contribution in [1.82, 2.24) is 4.90 Å². The van der Waals surface area contributed by atoms with Gasteiger partial charge in [0.2, 0.25) is 0 Å². The number of methoxy groups -OCH3 is 2. The number of hydrogen-bond donors (Lipinski definition) is 0. The number of benzene rings is 2. The Hall–Kier alpha value is -2.07. The molecule has 0 bridgehead atoms. The van der Waals surface area contributed by atoms with Crippen LogP contribution in [0.15, 0.2) is 42.5 Å². The third-order valence-electron chi connectivity index (χ3n) is 7.97. The Morgan fingerprint density at radius 2 is 1.61 bits per heavy atom. The Labute approximate surface area is 219 Å². The van der Waals surface area contributed by atoms with Crippen molar-refractivity contribution in [3.05, 3.63) is 65.3 Å². The molecule has 199 valence electrons. The van der Waals surface area contributed by atoms with E-state index in [4.69, 9.17) is 9.47 Å². The van der Waals surface area contributed by atoms with Crippen molar-refractivity contribution in [2.45, 2.75) is 90.5 Å². The van der Waals surface area contributed by atoms with Crippen molar-refractivity contribution in [1.29, 1.82) is 0 Å². The second-order valence-corrected chi connectivity index (χ2v) is 10.6. The van der Waals surface area contributed by atoms with Crippen molar-refractivity contribution < 1.29 is 13.9 Å². The predicted octanol–water partition coefficient (Wildman–Crippen LogP) is 8.25. The van der Waals surface area contributed by atoms with Crippen molar-refractivity contribution in [3.8, 4) is 11.5 Å².